The molecule has 0 saturated carbocycles. The van der Waals surface area contributed by atoms with Crippen LogP contribution in [0.25, 0.3) is 0 Å². The molecule has 0 spiro atoms. The largest absolute Gasteiger partial charge is 0.376 e. The van der Waals surface area contributed by atoms with Crippen LogP contribution in [0.2, 0.25) is 0 Å². The maximum Gasteiger partial charge on any atom is 0.376 e. The number of hydrogen-bond acceptors (Lipinski definition) is 3. The smallest absolute Gasteiger partial charge is 0.292 e. The van der Waals surface area contributed by atoms with Crippen molar-refractivity contribution in [1.29, 1.82) is 0 Å². The molecule has 0 aliphatic rings. The summed E-state index contributed by atoms with van der Waals surface area (Å²) in [5.41, 5.74) is -0.747. The Labute approximate surface area is 87.7 Å². The van der Waals surface area contributed by atoms with Gasteiger partial charge < -0.3 is 0 Å². The van der Waals surface area contributed by atoms with Gasteiger partial charge in [-0.1, -0.05) is 12.1 Å². The van der Waals surface area contributed by atoms with Crippen LogP contribution >= 0.6 is 0 Å². The van der Waals surface area contributed by atoms with E-state index in [4.69, 9.17) is 4.89 Å². The van der Waals surface area contributed by atoms with Gasteiger partial charge in [0, 0.05) is 0 Å². The van der Waals surface area contributed by atoms with E-state index in [1.165, 1.54) is 18.2 Å². The van der Waals surface area contributed by atoms with Crippen LogP contribution in [0.15, 0.2) is 24.3 Å². The van der Waals surface area contributed by atoms with Crippen molar-refractivity contribution in [3.63, 3.8) is 0 Å². The molecule has 1 rings (SSSR count). The summed E-state index contributed by atoms with van der Waals surface area (Å²) in [6, 6.07) is 5.57. The molecule has 0 aromatic heterocycles. The van der Waals surface area contributed by atoms with Gasteiger partial charge in [0.15, 0.2) is 0 Å². The molecule has 1 aromatic carbocycles. The number of carbonyl (C=O) groups is 1. The van der Waals surface area contributed by atoms with Gasteiger partial charge in [-0.05, 0) is 32.9 Å². The van der Waals surface area contributed by atoms with Crippen LogP contribution in [0.3, 0.4) is 0 Å². The van der Waals surface area contributed by atoms with Crippen molar-refractivity contribution >= 4 is 5.97 Å². The Bertz CT molecular complexity index is 355. The van der Waals surface area contributed by atoms with Crippen LogP contribution in [0, 0.1) is 5.82 Å². The van der Waals surface area contributed by atoms with E-state index in [9.17, 15) is 9.18 Å². The van der Waals surface area contributed by atoms with Crippen LogP contribution < -0.4 is 0 Å². The highest BCUT2D eigenvalue weighted by molar-refractivity contribution is 5.89. The lowest BCUT2D eigenvalue weighted by atomic mass is 10.2. The zero-order valence-corrected chi connectivity index (χ0v) is 8.91. The quantitative estimate of drug-likeness (QED) is 0.558. The lowest BCUT2D eigenvalue weighted by molar-refractivity contribution is -0.301. The average molecular weight is 212 g/mol. The first kappa shape index (κ1) is 11.7. The third-order valence-corrected chi connectivity index (χ3v) is 1.46. The molecular formula is C11H13FO3. The first-order valence-electron chi connectivity index (χ1n) is 4.55. The maximum atomic E-state index is 13.1. The fraction of sp³-hybridized carbons (Fsp3) is 0.364. The Kier molecular flexibility index (Phi) is 3.42. The number of carbonyl (C=O) groups excluding carboxylic acids is 1. The van der Waals surface area contributed by atoms with E-state index in [2.05, 4.69) is 4.89 Å². The highest BCUT2D eigenvalue weighted by Crippen LogP contribution is 2.12. The summed E-state index contributed by atoms with van der Waals surface area (Å²) in [6.07, 6.45) is 0. The molecule has 4 heteroatoms. The summed E-state index contributed by atoms with van der Waals surface area (Å²) < 4.78 is 13.1. The molecule has 0 aliphatic heterocycles. The van der Waals surface area contributed by atoms with E-state index in [0.29, 0.717) is 0 Å². The van der Waals surface area contributed by atoms with Crippen molar-refractivity contribution < 1.29 is 19.0 Å². The molecular weight excluding hydrogens is 199 g/mol. The van der Waals surface area contributed by atoms with Gasteiger partial charge in [0.2, 0.25) is 0 Å². The first-order valence-corrected chi connectivity index (χ1v) is 4.55. The first-order chi connectivity index (χ1) is 6.90. The number of hydrogen-bond donors (Lipinski definition) is 0. The Morgan fingerprint density at radius 1 is 1.27 bits per heavy atom. The SMILES string of the molecule is CC(C)(C)OOC(=O)c1ccccc1F. The van der Waals surface area contributed by atoms with Crippen molar-refractivity contribution in [2.45, 2.75) is 26.4 Å². The maximum absolute atomic E-state index is 13.1. The Balaban J connectivity index is 2.66. The van der Waals surface area contributed by atoms with Crippen molar-refractivity contribution in [2.24, 2.45) is 0 Å². The van der Waals surface area contributed by atoms with Gasteiger partial charge in [-0.25, -0.2) is 9.18 Å². The topological polar surface area (TPSA) is 35.5 Å². The molecule has 0 amide bonds. The van der Waals surface area contributed by atoms with E-state index >= 15 is 0 Å². The fourth-order valence-electron chi connectivity index (χ4n) is 0.834. The number of benzene rings is 1. The second-order valence-corrected chi connectivity index (χ2v) is 4.05. The van der Waals surface area contributed by atoms with Crippen LogP contribution in [-0.2, 0) is 9.78 Å². The summed E-state index contributed by atoms with van der Waals surface area (Å²) in [7, 11) is 0. The molecule has 0 bridgehead atoms. The summed E-state index contributed by atoms with van der Waals surface area (Å²) in [5, 5.41) is 0. The van der Waals surface area contributed by atoms with E-state index in [1.54, 1.807) is 26.8 Å². The number of rotatable bonds is 2. The molecule has 0 radical (unpaired) electrons. The molecule has 0 aliphatic carbocycles. The number of halogens is 1. The Hall–Kier alpha value is -1.42. The molecule has 1 aromatic rings. The molecule has 0 heterocycles. The summed E-state index contributed by atoms with van der Waals surface area (Å²) in [5.74, 6) is -1.46. The monoisotopic (exact) mass is 212 g/mol. The van der Waals surface area contributed by atoms with Crippen molar-refractivity contribution in [2.75, 3.05) is 0 Å². The van der Waals surface area contributed by atoms with Gasteiger partial charge in [-0.3, -0.25) is 4.89 Å². The molecule has 15 heavy (non-hydrogen) atoms. The molecule has 82 valence electrons. The third kappa shape index (κ3) is 3.67. The van der Waals surface area contributed by atoms with Crippen molar-refractivity contribution in [1.82, 2.24) is 0 Å². The molecule has 0 saturated heterocycles. The zero-order chi connectivity index (χ0) is 11.5. The van der Waals surface area contributed by atoms with E-state index in [-0.39, 0.29) is 5.56 Å². The summed E-state index contributed by atoms with van der Waals surface area (Å²) >= 11 is 0. The second-order valence-electron chi connectivity index (χ2n) is 4.05. The molecule has 0 fully saturated rings. The molecule has 0 atom stereocenters. The second kappa shape index (κ2) is 4.40. The van der Waals surface area contributed by atoms with Gasteiger partial charge in [0.05, 0.1) is 5.56 Å². The van der Waals surface area contributed by atoms with Crippen LogP contribution in [0.4, 0.5) is 4.39 Å². The normalized spacial score (nSPS) is 11.2. The average Bonchev–Trinajstić information content (AvgIpc) is 2.14. The van der Waals surface area contributed by atoms with Gasteiger partial charge in [0.1, 0.15) is 11.4 Å². The lowest BCUT2D eigenvalue weighted by Crippen LogP contribution is -2.22. The molecule has 0 unspecified atom stereocenters. The predicted molar refractivity (Wildman–Crippen MR) is 52.7 cm³/mol. The van der Waals surface area contributed by atoms with Crippen LogP contribution in [-0.4, -0.2) is 11.6 Å². The van der Waals surface area contributed by atoms with Gasteiger partial charge >= 0.3 is 5.97 Å². The van der Waals surface area contributed by atoms with E-state index in [1.807, 2.05) is 0 Å². The highest BCUT2D eigenvalue weighted by Gasteiger charge is 2.18. The van der Waals surface area contributed by atoms with Crippen LogP contribution in [0.5, 0.6) is 0 Å². The van der Waals surface area contributed by atoms with Gasteiger partial charge in [-0.2, -0.15) is 4.89 Å². The van der Waals surface area contributed by atoms with Crippen molar-refractivity contribution in [3.05, 3.63) is 35.6 Å². The minimum Gasteiger partial charge on any atom is -0.292 e. The third-order valence-electron chi connectivity index (χ3n) is 1.46. The Morgan fingerprint density at radius 3 is 2.40 bits per heavy atom. The van der Waals surface area contributed by atoms with Crippen LogP contribution in [0.1, 0.15) is 31.1 Å². The zero-order valence-electron chi connectivity index (χ0n) is 8.91. The van der Waals surface area contributed by atoms with Gasteiger partial charge in [-0.15, -0.1) is 0 Å². The fourth-order valence-corrected chi connectivity index (χ4v) is 0.834. The van der Waals surface area contributed by atoms with E-state index in [0.717, 1.165) is 0 Å². The minimum absolute atomic E-state index is 0.137. The highest BCUT2D eigenvalue weighted by atomic mass is 19.1. The summed E-state index contributed by atoms with van der Waals surface area (Å²) in [4.78, 5) is 20.6. The minimum atomic E-state index is -0.831. The molecule has 3 nitrogen and oxygen atoms in total. The predicted octanol–water partition coefficient (Wildman–Crippen LogP) is 2.71. The molecule has 0 N–H and O–H groups in total. The summed E-state index contributed by atoms with van der Waals surface area (Å²) in [6.45, 7) is 5.17. The standard InChI is InChI=1S/C11H13FO3/c1-11(2,3)15-14-10(13)8-6-4-5-7-9(8)12/h4-7H,1-3H3. The lowest BCUT2D eigenvalue weighted by Gasteiger charge is -2.16. The van der Waals surface area contributed by atoms with Gasteiger partial charge in [0.25, 0.3) is 0 Å². The van der Waals surface area contributed by atoms with Crippen molar-refractivity contribution in [3.8, 4) is 0 Å². The Morgan fingerprint density at radius 2 is 1.87 bits per heavy atom. The van der Waals surface area contributed by atoms with E-state index < -0.39 is 17.4 Å².